The van der Waals surface area contributed by atoms with Crippen LogP contribution in [-0.4, -0.2) is 56.0 Å². The van der Waals surface area contributed by atoms with E-state index in [-0.39, 0.29) is 25.0 Å². The third-order valence-corrected chi connectivity index (χ3v) is 2.35. The number of carbonyl (C=O) groups excluding carboxylic acids is 2. The molecule has 1 heterocycles. The summed E-state index contributed by atoms with van der Waals surface area (Å²) in [6.07, 6.45) is 6.85. The average Bonchev–Trinajstić information content (AvgIpc) is 2.72. The summed E-state index contributed by atoms with van der Waals surface area (Å²) in [5.74, 6) is 1.63. The van der Waals surface area contributed by atoms with Crippen LogP contribution in [0.15, 0.2) is 12.2 Å². The maximum atomic E-state index is 11.3. The first kappa shape index (κ1) is 15.4. The molecule has 1 atom stereocenters. The van der Waals surface area contributed by atoms with Crippen molar-refractivity contribution in [1.29, 1.82) is 0 Å². The molecule has 1 aliphatic heterocycles. The van der Waals surface area contributed by atoms with Crippen LogP contribution in [0.1, 0.15) is 6.92 Å². The minimum absolute atomic E-state index is 0.267. The lowest BCUT2D eigenvalue weighted by Gasteiger charge is -2.22. The van der Waals surface area contributed by atoms with E-state index in [0.29, 0.717) is 19.8 Å². The predicted molar refractivity (Wildman–Crippen MR) is 66.9 cm³/mol. The Labute approximate surface area is 112 Å². The van der Waals surface area contributed by atoms with Gasteiger partial charge in [-0.05, 0) is 6.92 Å². The first-order valence-electron chi connectivity index (χ1n) is 5.92. The van der Waals surface area contributed by atoms with E-state index in [1.165, 1.54) is 12.2 Å². The fourth-order valence-corrected chi connectivity index (χ4v) is 1.47. The Kier molecular flexibility index (Phi) is 6.82. The molecule has 0 saturated carbocycles. The molecule has 6 heteroatoms. The first-order chi connectivity index (χ1) is 9.16. The summed E-state index contributed by atoms with van der Waals surface area (Å²) >= 11 is 0. The summed E-state index contributed by atoms with van der Waals surface area (Å²) in [4.78, 5) is 23.7. The molecule has 0 bridgehead atoms. The molecule has 0 aromatic rings. The Bertz CT molecular complexity index is 367. The monoisotopic (exact) mass is 267 g/mol. The molecule has 0 spiro atoms. The standard InChI is InChI=1S/C13H17NO5/c1-3-6-17-7-8-18-9-10-19-11(2)14-12(15)4-5-13(14)16/h1,4-5,11H,6-10H2,2H3. The van der Waals surface area contributed by atoms with Crippen LogP contribution in [0.2, 0.25) is 0 Å². The molecule has 6 nitrogen and oxygen atoms in total. The summed E-state index contributed by atoms with van der Waals surface area (Å²) in [7, 11) is 0. The fraction of sp³-hybridized carbons (Fsp3) is 0.538. The lowest BCUT2D eigenvalue weighted by atomic mass is 10.5. The van der Waals surface area contributed by atoms with E-state index < -0.39 is 6.23 Å². The molecule has 104 valence electrons. The number of rotatable bonds is 9. The van der Waals surface area contributed by atoms with Gasteiger partial charge in [0, 0.05) is 12.2 Å². The molecule has 0 aromatic carbocycles. The number of amides is 2. The van der Waals surface area contributed by atoms with Crippen molar-refractivity contribution in [1.82, 2.24) is 4.90 Å². The SMILES string of the molecule is C#CCOCCOCCOC(C)N1C(=O)C=CC1=O. The van der Waals surface area contributed by atoms with Crippen molar-refractivity contribution in [2.24, 2.45) is 0 Å². The number of hydrogen-bond acceptors (Lipinski definition) is 5. The van der Waals surface area contributed by atoms with Gasteiger partial charge >= 0.3 is 0 Å². The third-order valence-electron chi connectivity index (χ3n) is 2.35. The second-order valence-corrected chi connectivity index (χ2v) is 3.72. The van der Waals surface area contributed by atoms with E-state index in [9.17, 15) is 9.59 Å². The largest absolute Gasteiger partial charge is 0.377 e. The van der Waals surface area contributed by atoms with E-state index in [1.54, 1.807) is 6.92 Å². The molecule has 1 rings (SSSR count). The highest BCUT2D eigenvalue weighted by molar-refractivity contribution is 6.13. The lowest BCUT2D eigenvalue weighted by Crippen LogP contribution is -2.40. The maximum absolute atomic E-state index is 11.3. The smallest absolute Gasteiger partial charge is 0.255 e. The number of imide groups is 1. The Morgan fingerprint density at radius 3 is 2.37 bits per heavy atom. The number of ether oxygens (including phenoxy) is 3. The molecule has 0 radical (unpaired) electrons. The number of hydrogen-bond donors (Lipinski definition) is 0. The van der Waals surface area contributed by atoms with Crippen LogP contribution in [-0.2, 0) is 23.8 Å². The van der Waals surface area contributed by atoms with E-state index in [1.807, 2.05) is 0 Å². The van der Waals surface area contributed by atoms with E-state index in [4.69, 9.17) is 20.6 Å². The summed E-state index contributed by atoms with van der Waals surface area (Å²) < 4.78 is 15.6. The normalized spacial score (nSPS) is 15.9. The zero-order chi connectivity index (χ0) is 14.1. The Hall–Kier alpha value is -1.68. The van der Waals surface area contributed by atoms with Gasteiger partial charge in [-0.15, -0.1) is 6.42 Å². The molecule has 1 aliphatic rings. The second kappa shape index (κ2) is 8.43. The molecular formula is C13H17NO5. The minimum Gasteiger partial charge on any atom is -0.377 e. The highest BCUT2D eigenvalue weighted by Gasteiger charge is 2.28. The van der Waals surface area contributed by atoms with Gasteiger partial charge in [-0.25, -0.2) is 4.90 Å². The maximum Gasteiger partial charge on any atom is 0.255 e. The van der Waals surface area contributed by atoms with Gasteiger partial charge in [-0.1, -0.05) is 5.92 Å². The Balaban J connectivity index is 2.05. The molecule has 0 N–H and O–H groups in total. The minimum atomic E-state index is -0.601. The van der Waals surface area contributed by atoms with Crippen molar-refractivity contribution in [2.45, 2.75) is 13.2 Å². The fourth-order valence-electron chi connectivity index (χ4n) is 1.47. The summed E-state index contributed by atoms with van der Waals surface area (Å²) in [5, 5.41) is 0. The van der Waals surface area contributed by atoms with Crippen molar-refractivity contribution >= 4 is 11.8 Å². The Morgan fingerprint density at radius 1 is 1.16 bits per heavy atom. The molecule has 0 saturated heterocycles. The molecular weight excluding hydrogens is 250 g/mol. The van der Waals surface area contributed by atoms with Crippen LogP contribution >= 0.6 is 0 Å². The van der Waals surface area contributed by atoms with Crippen molar-refractivity contribution in [3.63, 3.8) is 0 Å². The van der Waals surface area contributed by atoms with Gasteiger partial charge in [0.05, 0.1) is 26.4 Å². The third kappa shape index (κ3) is 5.22. The average molecular weight is 267 g/mol. The number of terminal acetylenes is 1. The Morgan fingerprint density at radius 2 is 1.74 bits per heavy atom. The van der Waals surface area contributed by atoms with Gasteiger partial charge in [0.2, 0.25) is 0 Å². The van der Waals surface area contributed by atoms with E-state index in [0.717, 1.165) is 4.90 Å². The van der Waals surface area contributed by atoms with Crippen LogP contribution in [0, 0.1) is 12.3 Å². The van der Waals surface area contributed by atoms with Gasteiger partial charge in [-0.3, -0.25) is 9.59 Å². The molecule has 19 heavy (non-hydrogen) atoms. The van der Waals surface area contributed by atoms with Crippen molar-refractivity contribution in [3.8, 4) is 12.3 Å². The lowest BCUT2D eigenvalue weighted by molar-refractivity contribution is -0.152. The quantitative estimate of drug-likeness (QED) is 0.333. The highest BCUT2D eigenvalue weighted by Crippen LogP contribution is 2.09. The topological polar surface area (TPSA) is 65.1 Å². The van der Waals surface area contributed by atoms with Crippen molar-refractivity contribution < 1.29 is 23.8 Å². The van der Waals surface area contributed by atoms with Gasteiger partial charge in [-0.2, -0.15) is 0 Å². The molecule has 0 aliphatic carbocycles. The second-order valence-electron chi connectivity index (χ2n) is 3.72. The summed E-state index contributed by atoms with van der Waals surface area (Å²) in [6.45, 7) is 3.39. The summed E-state index contributed by atoms with van der Waals surface area (Å²) in [6, 6.07) is 0. The van der Waals surface area contributed by atoms with Crippen LogP contribution in [0.4, 0.5) is 0 Å². The predicted octanol–water partition coefficient (Wildman–Crippen LogP) is -0.0596. The molecule has 0 aromatic heterocycles. The van der Waals surface area contributed by atoms with E-state index >= 15 is 0 Å². The van der Waals surface area contributed by atoms with Crippen LogP contribution in [0.25, 0.3) is 0 Å². The molecule has 0 fully saturated rings. The van der Waals surface area contributed by atoms with Gasteiger partial charge in [0.1, 0.15) is 12.8 Å². The number of carbonyl (C=O) groups is 2. The first-order valence-corrected chi connectivity index (χ1v) is 5.92. The van der Waals surface area contributed by atoms with E-state index in [2.05, 4.69) is 5.92 Å². The van der Waals surface area contributed by atoms with Gasteiger partial charge < -0.3 is 14.2 Å². The molecule has 2 amide bonds. The van der Waals surface area contributed by atoms with Crippen LogP contribution < -0.4 is 0 Å². The van der Waals surface area contributed by atoms with Crippen molar-refractivity contribution in [2.75, 3.05) is 33.0 Å². The zero-order valence-corrected chi connectivity index (χ0v) is 10.8. The van der Waals surface area contributed by atoms with Gasteiger partial charge in [0.15, 0.2) is 0 Å². The molecule has 1 unspecified atom stereocenters. The zero-order valence-electron chi connectivity index (χ0n) is 10.8. The number of nitrogens with zero attached hydrogens (tertiary/aromatic N) is 1. The van der Waals surface area contributed by atoms with Crippen LogP contribution in [0.5, 0.6) is 0 Å². The van der Waals surface area contributed by atoms with Crippen LogP contribution in [0.3, 0.4) is 0 Å². The highest BCUT2D eigenvalue weighted by atomic mass is 16.6. The summed E-state index contributed by atoms with van der Waals surface area (Å²) in [5.41, 5.74) is 0. The van der Waals surface area contributed by atoms with Crippen molar-refractivity contribution in [3.05, 3.63) is 12.2 Å². The van der Waals surface area contributed by atoms with Gasteiger partial charge in [0.25, 0.3) is 11.8 Å².